The number of hydrogen-bond acceptors (Lipinski definition) is 4. The fraction of sp³-hybridized carbons (Fsp3) is 0.517. The molecule has 2 aromatic carbocycles. The van der Waals surface area contributed by atoms with E-state index in [0.29, 0.717) is 32.7 Å². The van der Waals surface area contributed by atoms with Gasteiger partial charge in [-0.15, -0.1) is 0 Å². The van der Waals surface area contributed by atoms with Gasteiger partial charge in [0.25, 0.3) is 0 Å². The van der Waals surface area contributed by atoms with Crippen molar-refractivity contribution < 1.29 is 19.1 Å². The minimum absolute atomic E-state index is 0.00917. The van der Waals surface area contributed by atoms with E-state index in [1.54, 1.807) is 4.90 Å². The molecule has 1 spiro atoms. The monoisotopic (exact) mass is 491 g/mol. The van der Waals surface area contributed by atoms with Gasteiger partial charge in [-0.2, -0.15) is 0 Å². The zero-order valence-corrected chi connectivity index (χ0v) is 21.6. The van der Waals surface area contributed by atoms with Crippen molar-refractivity contribution in [3.63, 3.8) is 0 Å². The molecule has 0 bridgehead atoms. The van der Waals surface area contributed by atoms with Crippen LogP contribution in [0.1, 0.15) is 45.6 Å². The molecule has 0 saturated carbocycles. The second-order valence-corrected chi connectivity index (χ2v) is 11.5. The molecule has 3 heterocycles. The molecule has 2 fully saturated rings. The van der Waals surface area contributed by atoms with Crippen LogP contribution in [0, 0.1) is 5.41 Å². The molecule has 3 aliphatic heterocycles. The van der Waals surface area contributed by atoms with Gasteiger partial charge in [0.1, 0.15) is 11.4 Å². The lowest BCUT2D eigenvalue weighted by molar-refractivity contribution is -0.136. The van der Waals surface area contributed by atoms with Crippen LogP contribution in [0.2, 0.25) is 0 Å². The van der Waals surface area contributed by atoms with Crippen molar-refractivity contribution in [2.75, 3.05) is 44.7 Å². The van der Waals surface area contributed by atoms with Gasteiger partial charge in [-0.25, -0.2) is 4.79 Å². The zero-order chi connectivity index (χ0) is 25.3. The summed E-state index contributed by atoms with van der Waals surface area (Å²) in [7, 11) is 0. The summed E-state index contributed by atoms with van der Waals surface area (Å²) in [6.07, 6.45) is 3.19. The topological polar surface area (TPSA) is 71.1 Å². The van der Waals surface area contributed by atoms with Crippen molar-refractivity contribution >= 4 is 17.6 Å². The third-order valence-corrected chi connectivity index (χ3v) is 7.38. The molecule has 192 valence electrons. The molecule has 1 N–H and O–H groups in total. The van der Waals surface area contributed by atoms with Crippen LogP contribution in [0.3, 0.4) is 0 Å². The minimum Gasteiger partial charge on any atom is -0.487 e. The average molecular weight is 492 g/mol. The number of nitrogens with one attached hydrogen (secondary N) is 1. The fourth-order valence-corrected chi connectivity index (χ4v) is 5.34. The van der Waals surface area contributed by atoms with E-state index in [0.717, 1.165) is 54.9 Å². The highest BCUT2D eigenvalue weighted by atomic mass is 16.5. The average Bonchev–Trinajstić information content (AvgIpc) is 3.21. The molecule has 3 aliphatic rings. The molecule has 5 rings (SSSR count). The number of morpholine rings is 1. The summed E-state index contributed by atoms with van der Waals surface area (Å²) in [6, 6.07) is 14.3. The number of urea groups is 1. The van der Waals surface area contributed by atoms with E-state index in [1.807, 2.05) is 29.2 Å². The molecule has 0 atom stereocenters. The first kappa shape index (κ1) is 24.6. The second kappa shape index (κ2) is 9.77. The van der Waals surface area contributed by atoms with E-state index in [9.17, 15) is 9.59 Å². The third kappa shape index (κ3) is 5.51. The first-order chi connectivity index (χ1) is 17.2. The lowest BCUT2D eigenvalue weighted by Gasteiger charge is -2.39. The number of carbonyl (C=O) groups excluding carboxylic acids is 2. The van der Waals surface area contributed by atoms with Gasteiger partial charge in [0.2, 0.25) is 5.91 Å². The summed E-state index contributed by atoms with van der Waals surface area (Å²) in [5.41, 5.74) is 4.06. The van der Waals surface area contributed by atoms with Gasteiger partial charge in [0.15, 0.2) is 0 Å². The van der Waals surface area contributed by atoms with Gasteiger partial charge < -0.3 is 24.6 Å². The molecule has 7 heteroatoms. The van der Waals surface area contributed by atoms with E-state index in [2.05, 4.69) is 44.3 Å². The molecule has 7 nitrogen and oxygen atoms in total. The Balaban J connectivity index is 1.20. The first-order valence-corrected chi connectivity index (χ1v) is 13.0. The van der Waals surface area contributed by atoms with Gasteiger partial charge in [-0.1, -0.05) is 39.0 Å². The minimum atomic E-state index is -0.201. The maximum Gasteiger partial charge on any atom is 0.321 e. The Morgan fingerprint density at radius 2 is 1.58 bits per heavy atom. The number of rotatable bonds is 3. The van der Waals surface area contributed by atoms with E-state index in [-0.39, 0.29) is 23.0 Å². The Morgan fingerprint density at radius 3 is 2.25 bits per heavy atom. The van der Waals surface area contributed by atoms with Crippen LogP contribution in [0.15, 0.2) is 42.5 Å². The highest BCUT2D eigenvalue weighted by Gasteiger charge is 2.43. The summed E-state index contributed by atoms with van der Waals surface area (Å²) in [4.78, 5) is 28.9. The van der Waals surface area contributed by atoms with E-state index < -0.39 is 0 Å². The Hall–Kier alpha value is -3.06. The maximum atomic E-state index is 12.7. The number of anilines is 1. The van der Waals surface area contributed by atoms with Crippen LogP contribution in [-0.4, -0.2) is 66.7 Å². The fourth-order valence-electron chi connectivity index (χ4n) is 5.34. The largest absolute Gasteiger partial charge is 0.487 e. The number of fused-ring (bicyclic) bond motifs is 1. The molecule has 3 amide bonds. The summed E-state index contributed by atoms with van der Waals surface area (Å²) >= 11 is 0. The van der Waals surface area contributed by atoms with Crippen molar-refractivity contribution in [1.82, 2.24) is 9.80 Å². The van der Waals surface area contributed by atoms with Crippen LogP contribution in [0.25, 0.3) is 11.1 Å². The molecular weight excluding hydrogens is 454 g/mol. The van der Waals surface area contributed by atoms with Crippen LogP contribution in [0.5, 0.6) is 5.75 Å². The number of nitrogens with zero attached hydrogens (tertiary/aromatic N) is 2. The smallest absolute Gasteiger partial charge is 0.321 e. The van der Waals surface area contributed by atoms with Crippen LogP contribution < -0.4 is 10.1 Å². The van der Waals surface area contributed by atoms with Gasteiger partial charge >= 0.3 is 6.03 Å². The first-order valence-electron chi connectivity index (χ1n) is 13.0. The van der Waals surface area contributed by atoms with Crippen molar-refractivity contribution in [1.29, 1.82) is 0 Å². The normalized spacial score (nSPS) is 19.1. The molecule has 2 saturated heterocycles. The second-order valence-electron chi connectivity index (χ2n) is 11.5. The van der Waals surface area contributed by atoms with Crippen LogP contribution >= 0.6 is 0 Å². The Labute approximate surface area is 213 Å². The van der Waals surface area contributed by atoms with Crippen molar-refractivity contribution in [2.45, 2.75) is 52.1 Å². The van der Waals surface area contributed by atoms with Gasteiger partial charge in [0, 0.05) is 57.5 Å². The predicted molar refractivity (Wildman–Crippen MR) is 140 cm³/mol. The quantitative estimate of drug-likeness (QED) is 0.660. The molecular formula is C29H37N3O4. The van der Waals surface area contributed by atoms with Crippen LogP contribution in [0.4, 0.5) is 10.5 Å². The number of carbonyl (C=O) groups is 2. The molecule has 0 unspecified atom stereocenters. The van der Waals surface area contributed by atoms with E-state index in [4.69, 9.17) is 9.47 Å². The number of hydrogen-bond donors (Lipinski definition) is 1. The lowest BCUT2D eigenvalue weighted by atomic mass is 9.85. The molecule has 0 aromatic heterocycles. The van der Waals surface area contributed by atoms with Crippen molar-refractivity contribution in [3.8, 4) is 16.9 Å². The SMILES string of the molecule is CC(C)(C)CC(=O)N1CCC2(CC1)Cc1cc(-c3ccc(NC(=O)N4CCOCC4)cc3)ccc1O2. The van der Waals surface area contributed by atoms with Crippen molar-refractivity contribution in [3.05, 3.63) is 48.0 Å². The summed E-state index contributed by atoms with van der Waals surface area (Å²) in [5.74, 6) is 1.21. The number of benzene rings is 2. The van der Waals surface area contributed by atoms with Crippen molar-refractivity contribution in [2.24, 2.45) is 5.41 Å². The Bertz CT molecular complexity index is 1110. The van der Waals surface area contributed by atoms with Gasteiger partial charge in [0.05, 0.1) is 13.2 Å². The Kier molecular flexibility index (Phi) is 6.68. The predicted octanol–water partition coefficient (Wildman–Crippen LogP) is 4.95. The maximum absolute atomic E-state index is 12.7. The van der Waals surface area contributed by atoms with Gasteiger partial charge in [-0.3, -0.25) is 4.79 Å². The number of piperidine rings is 1. The third-order valence-electron chi connectivity index (χ3n) is 7.38. The van der Waals surface area contributed by atoms with Gasteiger partial charge in [-0.05, 0) is 46.4 Å². The number of ether oxygens (including phenoxy) is 2. The number of amides is 3. The van der Waals surface area contributed by atoms with E-state index >= 15 is 0 Å². The number of likely N-dealkylation sites (tertiary alicyclic amines) is 1. The standard InChI is InChI=1S/C29H37N3O4/c1-28(2,3)20-26(33)31-12-10-29(11-13-31)19-23-18-22(6-9-25(23)36-29)21-4-7-24(8-5-21)30-27(34)32-14-16-35-17-15-32/h4-9,18H,10-17,19-20H2,1-3H3,(H,30,34). The summed E-state index contributed by atoms with van der Waals surface area (Å²) in [5, 5.41) is 2.98. The highest BCUT2D eigenvalue weighted by Crippen LogP contribution is 2.43. The Morgan fingerprint density at radius 1 is 0.917 bits per heavy atom. The van der Waals surface area contributed by atoms with Crippen LogP contribution in [-0.2, 0) is 16.0 Å². The highest BCUT2D eigenvalue weighted by molar-refractivity contribution is 5.89. The zero-order valence-electron chi connectivity index (χ0n) is 21.6. The summed E-state index contributed by atoms with van der Waals surface area (Å²) < 4.78 is 11.8. The molecule has 0 radical (unpaired) electrons. The molecule has 0 aliphatic carbocycles. The van der Waals surface area contributed by atoms with E-state index in [1.165, 1.54) is 5.56 Å². The molecule has 2 aromatic rings. The molecule has 36 heavy (non-hydrogen) atoms. The summed E-state index contributed by atoms with van der Waals surface area (Å²) in [6.45, 7) is 10.3. The lowest BCUT2D eigenvalue weighted by Crippen LogP contribution is -2.49.